The van der Waals surface area contributed by atoms with E-state index in [4.69, 9.17) is 10.5 Å². The topological polar surface area (TPSA) is 77.2 Å². The van der Waals surface area contributed by atoms with Crippen molar-refractivity contribution in [2.45, 2.75) is 6.42 Å². The number of carbonyl (C=O) groups is 1. The second kappa shape index (κ2) is 4.94. The number of nitrogens with zero attached hydrogens (tertiary/aromatic N) is 1. The highest BCUT2D eigenvalue weighted by Crippen LogP contribution is 2.10. The maximum Gasteiger partial charge on any atom is 0.269 e. The molecule has 0 aliphatic carbocycles. The van der Waals surface area contributed by atoms with Gasteiger partial charge in [-0.15, -0.1) is 0 Å². The van der Waals surface area contributed by atoms with E-state index in [0.717, 1.165) is 19.6 Å². The van der Waals surface area contributed by atoms with Gasteiger partial charge in [0.1, 0.15) is 11.5 Å². The van der Waals surface area contributed by atoms with Gasteiger partial charge in [-0.3, -0.25) is 4.79 Å². The van der Waals surface area contributed by atoms with E-state index in [1.807, 2.05) is 0 Å². The van der Waals surface area contributed by atoms with Crippen LogP contribution < -0.4 is 11.1 Å². The summed E-state index contributed by atoms with van der Waals surface area (Å²) in [7, 11) is 0. The zero-order chi connectivity index (χ0) is 11.4. The number of ether oxygens (including phenoxy) is 1. The van der Waals surface area contributed by atoms with Crippen LogP contribution in [0.5, 0.6) is 0 Å². The smallest absolute Gasteiger partial charge is 0.269 e. The minimum atomic E-state index is -0.181. The van der Waals surface area contributed by atoms with Crippen molar-refractivity contribution in [3.63, 3.8) is 0 Å². The van der Waals surface area contributed by atoms with E-state index in [1.54, 1.807) is 18.2 Å². The number of pyridine rings is 1. The predicted octanol–water partition coefficient (Wildman–Crippen LogP) is 0.430. The Balaban J connectivity index is 1.87. The molecule has 1 atom stereocenters. The van der Waals surface area contributed by atoms with Crippen LogP contribution in [-0.2, 0) is 4.74 Å². The molecule has 86 valence electrons. The normalized spacial score (nSPS) is 19.6. The van der Waals surface area contributed by atoms with Crippen molar-refractivity contribution in [2.24, 2.45) is 5.92 Å². The zero-order valence-electron chi connectivity index (χ0n) is 8.98. The van der Waals surface area contributed by atoms with Gasteiger partial charge in [0.25, 0.3) is 5.91 Å². The molecule has 0 saturated carbocycles. The summed E-state index contributed by atoms with van der Waals surface area (Å²) in [6.07, 6.45) is 1.00. The van der Waals surface area contributed by atoms with Crippen LogP contribution in [0.2, 0.25) is 0 Å². The molecule has 1 aliphatic rings. The molecule has 1 aliphatic heterocycles. The molecule has 0 spiro atoms. The van der Waals surface area contributed by atoms with Gasteiger partial charge in [-0.2, -0.15) is 0 Å². The Kier molecular flexibility index (Phi) is 3.36. The third-order valence-corrected chi connectivity index (χ3v) is 2.58. The Morgan fingerprint density at radius 2 is 2.50 bits per heavy atom. The first-order valence-corrected chi connectivity index (χ1v) is 5.34. The van der Waals surface area contributed by atoms with Crippen LogP contribution in [-0.4, -0.2) is 30.6 Å². The standard InChI is InChI=1S/C11H15N3O2/c12-10-3-1-2-9(14-10)11(15)13-6-8-4-5-16-7-8/h1-3,8H,4-7H2,(H2,12,14)(H,13,15). The number of hydrogen-bond donors (Lipinski definition) is 2. The summed E-state index contributed by atoms with van der Waals surface area (Å²) in [5.41, 5.74) is 5.86. The number of rotatable bonds is 3. The monoisotopic (exact) mass is 221 g/mol. The molecular weight excluding hydrogens is 206 g/mol. The van der Waals surface area contributed by atoms with Gasteiger partial charge in [0, 0.05) is 19.1 Å². The lowest BCUT2D eigenvalue weighted by Crippen LogP contribution is -2.30. The van der Waals surface area contributed by atoms with E-state index in [9.17, 15) is 4.79 Å². The molecule has 2 heterocycles. The fourth-order valence-corrected chi connectivity index (χ4v) is 1.65. The lowest BCUT2D eigenvalue weighted by molar-refractivity contribution is 0.0940. The summed E-state index contributed by atoms with van der Waals surface area (Å²) in [5, 5.41) is 2.83. The summed E-state index contributed by atoms with van der Waals surface area (Å²) in [6, 6.07) is 5.02. The van der Waals surface area contributed by atoms with Crippen LogP contribution in [0, 0.1) is 5.92 Å². The first-order valence-electron chi connectivity index (χ1n) is 5.34. The van der Waals surface area contributed by atoms with Crippen molar-refractivity contribution in [1.82, 2.24) is 10.3 Å². The number of amides is 1. The highest BCUT2D eigenvalue weighted by molar-refractivity contribution is 5.92. The molecule has 0 bridgehead atoms. The van der Waals surface area contributed by atoms with Crippen molar-refractivity contribution in [2.75, 3.05) is 25.5 Å². The molecule has 3 N–H and O–H groups in total. The second-order valence-corrected chi connectivity index (χ2v) is 3.89. The van der Waals surface area contributed by atoms with Crippen LogP contribution in [0.1, 0.15) is 16.9 Å². The molecule has 1 unspecified atom stereocenters. The highest BCUT2D eigenvalue weighted by Gasteiger charge is 2.17. The van der Waals surface area contributed by atoms with Crippen molar-refractivity contribution in [3.8, 4) is 0 Å². The van der Waals surface area contributed by atoms with E-state index >= 15 is 0 Å². The Labute approximate surface area is 94.0 Å². The third-order valence-electron chi connectivity index (χ3n) is 2.58. The van der Waals surface area contributed by atoms with E-state index in [1.165, 1.54) is 0 Å². The average Bonchev–Trinajstić information content (AvgIpc) is 2.78. The summed E-state index contributed by atoms with van der Waals surface area (Å²) in [5.74, 6) is 0.598. The molecule has 1 aromatic heterocycles. The SMILES string of the molecule is Nc1cccc(C(=O)NCC2CCOC2)n1. The molecule has 1 amide bonds. The van der Waals surface area contributed by atoms with Crippen molar-refractivity contribution < 1.29 is 9.53 Å². The third kappa shape index (κ3) is 2.70. The molecule has 0 aromatic carbocycles. The molecule has 0 radical (unpaired) electrons. The number of aromatic nitrogens is 1. The first-order chi connectivity index (χ1) is 7.75. The van der Waals surface area contributed by atoms with Crippen LogP contribution in [0.4, 0.5) is 5.82 Å². The number of nitrogens with one attached hydrogen (secondary N) is 1. The molecule has 2 rings (SSSR count). The molecule has 1 fully saturated rings. The summed E-state index contributed by atoms with van der Waals surface area (Å²) in [4.78, 5) is 15.6. The summed E-state index contributed by atoms with van der Waals surface area (Å²) < 4.78 is 5.23. The van der Waals surface area contributed by atoms with E-state index in [2.05, 4.69) is 10.3 Å². The minimum Gasteiger partial charge on any atom is -0.384 e. The Morgan fingerprint density at radius 1 is 1.62 bits per heavy atom. The fraction of sp³-hybridized carbons (Fsp3) is 0.455. The van der Waals surface area contributed by atoms with Crippen LogP contribution in [0.3, 0.4) is 0 Å². The molecule has 5 heteroatoms. The number of nitrogen functional groups attached to an aromatic ring is 1. The molecular formula is C11H15N3O2. The zero-order valence-corrected chi connectivity index (χ0v) is 8.98. The Hall–Kier alpha value is -1.62. The second-order valence-electron chi connectivity index (χ2n) is 3.89. The molecule has 1 saturated heterocycles. The largest absolute Gasteiger partial charge is 0.384 e. The van der Waals surface area contributed by atoms with E-state index in [0.29, 0.717) is 24.0 Å². The number of anilines is 1. The molecule has 1 aromatic rings. The van der Waals surface area contributed by atoms with Gasteiger partial charge in [0.2, 0.25) is 0 Å². The van der Waals surface area contributed by atoms with Gasteiger partial charge >= 0.3 is 0 Å². The summed E-state index contributed by atoms with van der Waals surface area (Å²) in [6.45, 7) is 2.15. The van der Waals surface area contributed by atoms with Gasteiger partial charge in [-0.05, 0) is 18.6 Å². The minimum absolute atomic E-state index is 0.181. The Bertz CT molecular complexity index is 375. The van der Waals surface area contributed by atoms with Gasteiger partial charge < -0.3 is 15.8 Å². The molecule has 5 nitrogen and oxygen atoms in total. The van der Waals surface area contributed by atoms with Crippen LogP contribution in [0.15, 0.2) is 18.2 Å². The lowest BCUT2D eigenvalue weighted by Gasteiger charge is -2.09. The summed E-state index contributed by atoms with van der Waals surface area (Å²) >= 11 is 0. The van der Waals surface area contributed by atoms with E-state index < -0.39 is 0 Å². The van der Waals surface area contributed by atoms with Gasteiger partial charge in [0.05, 0.1) is 6.61 Å². The maximum absolute atomic E-state index is 11.7. The lowest BCUT2D eigenvalue weighted by atomic mass is 10.1. The number of carbonyl (C=O) groups excluding carboxylic acids is 1. The highest BCUT2D eigenvalue weighted by atomic mass is 16.5. The van der Waals surface area contributed by atoms with Crippen molar-refractivity contribution in [1.29, 1.82) is 0 Å². The average molecular weight is 221 g/mol. The predicted molar refractivity (Wildman–Crippen MR) is 59.9 cm³/mol. The van der Waals surface area contributed by atoms with Gasteiger partial charge in [-0.25, -0.2) is 4.98 Å². The van der Waals surface area contributed by atoms with Crippen molar-refractivity contribution >= 4 is 11.7 Å². The number of nitrogens with two attached hydrogens (primary N) is 1. The van der Waals surface area contributed by atoms with E-state index in [-0.39, 0.29) is 5.91 Å². The van der Waals surface area contributed by atoms with Gasteiger partial charge in [0.15, 0.2) is 0 Å². The molecule has 16 heavy (non-hydrogen) atoms. The quantitative estimate of drug-likeness (QED) is 0.776. The van der Waals surface area contributed by atoms with Crippen LogP contribution in [0.25, 0.3) is 0 Å². The number of hydrogen-bond acceptors (Lipinski definition) is 4. The Morgan fingerprint density at radius 3 is 3.19 bits per heavy atom. The first kappa shape index (κ1) is 10.9. The fourth-order valence-electron chi connectivity index (χ4n) is 1.65. The maximum atomic E-state index is 11.7. The van der Waals surface area contributed by atoms with Gasteiger partial charge in [-0.1, -0.05) is 6.07 Å². The van der Waals surface area contributed by atoms with Crippen LogP contribution >= 0.6 is 0 Å². The van der Waals surface area contributed by atoms with Crippen molar-refractivity contribution in [3.05, 3.63) is 23.9 Å².